The fourth-order valence-electron chi connectivity index (χ4n) is 5.23. The molecule has 0 bridgehead atoms. The molecule has 7 nitrogen and oxygen atoms in total. The minimum Gasteiger partial charge on any atom is -0.352 e. The van der Waals surface area contributed by atoms with Crippen LogP contribution in [0.25, 0.3) is 0 Å². The summed E-state index contributed by atoms with van der Waals surface area (Å²) in [4.78, 5) is 30.2. The van der Waals surface area contributed by atoms with Crippen molar-refractivity contribution < 1.29 is 18.0 Å². The maximum atomic E-state index is 14.7. The highest BCUT2D eigenvalue weighted by Crippen LogP contribution is 2.29. The zero-order chi connectivity index (χ0) is 34.1. The molecule has 0 radical (unpaired) electrons. The van der Waals surface area contributed by atoms with Gasteiger partial charge in [0.1, 0.15) is 12.6 Å². The normalized spacial score (nSPS) is 12.6. The lowest BCUT2D eigenvalue weighted by atomic mass is 10.0. The van der Waals surface area contributed by atoms with Crippen LogP contribution in [-0.4, -0.2) is 43.8 Å². The van der Waals surface area contributed by atoms with Crippen LogP contribution in [0.4, 0.5) is 5.69 Å². The van der Waals surface area contributed by atoms with Crippen LogP contribution in [0.5, 0.6) is 0 Å². The molecule has 4 rings (SSSR count). The Kier molecular flexibility index (Phi) is 12.5. The molecule has 47 heavy (non-hydrogen) atoms. The smallest absolute Gasteiger partial charge is 0.264 e. The van der Waals surface area contributed by atoms with E-state index in [-0.39, 0.29) is 29.8 Å². The number of carbonyl (C=O) groups excluding carboxylic acids is 2. The average molecular weight is 695 g/mol. The van der Waals surface area contributed by atoms with Crippen LogP contribution >= 0.6 is 23.2 Å². The van der Waals surface area contributed by atoms with Gasteiger partial charge in [-0.1, -0.05) is 109 Å². The molecule has 0 saturated heterocycles. The van der Waals surface area contributed by atoms with Gasteiger partial charge in [0.25, 0.3) is 10.0 Å². The summed E-state index contributed by atoms with van der Waals surface area (Å²) in [5.74, 6) is -0.878. The van der Waals surface area contributed by atoms with Crippen molar-refractivity contribution in [1.29, 1.82) is 0 Å². The first-order valence-corrected chi connectivity index (χ1v) is 17.9. The number of rotatable bonds is 14. The second-order valence-corrected chi connectivity index (χ2v) is 14.3. The highest BCUT2D eigenvalue weighted by Gasteiger charge is 2.35. The monoisotopic (exact) mass is 693 g/mol. The van der Waals surface area contributed by atoms with Gasteiger partial charge >= 0.3 is 0 Å². The molecule has 4 aromatic carbocycles. The SMILES string of the molecule is CCc1ccccc1N(CC(=O)N(Cc1ccc(Cl)c(Cl)c1)C(Cc1ccccc1)C(=O)NC(C)CC)S(=O)(=O)c1ccc(C)cc1. The number of benzene rings is 4. The Balaban J connectivity index is 1.85. The Labute approximate surface area is 288 Å². The standard InChI is InChI=1S/C37H41Cl2N3O4S/c1-5-27(4)40-37(44)35(23-28-12-8-7-9-13-28)41(24-29-18-21-32(38)33(39)22-29)36(43)25-42(34-15-11-10-14-30(34)6-2)47(45,46)31-19-16-26(3)17-20-31/h7-22,27,35H,5-6,23-25H2,1-4H3,(H,40,44). The van der Waals surface area contributed by atoms with E-state index >= 15 is 0 Å². The van der Waals surface area contributed by atoms with Crippen LogP contribution in [0.15, 0.2) is 102 Å². The minimum absolute atomic E-state index is 0.00497. The highest BCUT2D eigenvalue weighted by atomic mass is 35.5. The van der Waals surface area contributed by atoms with E-state index < -0.39 is 28.5 Å². The molecule has 0 spiro atoms. The van der Waals surface area contributed by atoms with E-state index in [0.717, 1.165) is 21.0 Å². The van der Waals surface area contributed by atoms with Crippen LogP contribution in [0.2, 0.25) is 10.0 Å². The Morgan fingerprint density at radius 2 is 1.49 bits per heavy atom. The predicted molar refractivity (Wildman–Crippen MR) is 190 cm³/mol. The molecule has 248 valence electrons. The summed E-state index contributed by atoms with van der Waals surface area (Å²) in [6.45, 7) is 7.14. The fraction of sp³-hybridized carbons (Fsp3) is 0.297. The third kappa shape index (κ3) is 9.15. The van der Waals surface area contributed by atoms with E-state index in [4.69, 9.17) is 23.2 Å². The number of amides is 2. The van der Waals surface area contributed by atoms with Gasteiger partial charge in [0, 0.05) is 19.0 Å². The number of hydrogen-bond acceptors (Lipinski definition) is 4. The van der Waals surface area contributed by atoms with Gasteiger partial charge in [-0.25, -0.2) is 8.42 Å². The van der Waals surface area contributed by atoms with Gasteiger partial charge in [-0.3, -0.25) is 13.9 Å². The summed E-state index contributed by atoms with van der Waals surface area (Å²) in [5, 5.41) is 3.71. The predicted octanol–water partition coefficient (Wildman–Crippen LogP) is 7.61. The highest BCUT2D eigenvalue weighted by molar-refractivity contribution is 7.92. The lowest BCUT2D eigenvalue weighted by Crippen LogP contribution is -2.54. The molecular weight excluding hydrogens is 653 g/mol. The number of para-hydroxylation sites is 1. The first kappa shape index (κ1) is 36.0. The van der Waals surface area contributed by atoms with Crippen LogP contribution in [-0.2, 0) is 39.0 Å². The van der Waals surface area contributed by atoms with E-state index in [0.29, 0.717) is 34.1 Å². The van der Waals surface area contributed by atoms with Gasteiger partial charge in [-0.15, -0.1) is 0 Å². The molecule has 2 amide bonds. The van der Waals surface area contributed by atoms with Gasteiger partial charge in [0.05, 0.1) is 20.6 Å². The van der Waals surface area contributed by atoms with Crippen LogP contribution < -0.4 is 9.62 Å². The van der Waals surface area contributed by atoms with Crippen molar-refractivity contribution in [2.24, 2.45) is 0 Å². The number of anilines is 1. The lowest BCUT2D eigenvalue weighted by Gasteiger charge is -2.34. The first-order chi connectivity index (χ1) is 22.4. The molecule has 0 fully saturated rings. The minimum atomic E-state index is -4.20. The lowest BCUT2D eigenvalue weighted by molar-refractivity contribution is -0.140. The van der Waals surface area contributed by atoms with E-state index in [1.807, 2.05) is 70.2 Å². The zero-order valence-corrected chi connectivity index (χ0v) is 29.4. The van der Waals surface area contributed by atoms with Crippen molar-refractivity contribution >= 4 is 50.7 Å². The number of sulfonamides is 1. The summed E-state index contributed by atoms with van der Waals surface area (Å²) in [6.07, 6.45) is 1.46. The maximum Gasteiger partial charge on any atom is 0.264 e. The number of nitrogens with one attached hydrogen (secondary N) is 1. The summed E-state index contributed by atoms with van der Waals surface area (Å²) in [6, 6.07) is 27.1. The summed E-state index contributed by atoms with van der Waals surface area (Å²) in [7, 11) is -4.20. The number of aryl methyl sites for hydroxylation is 2. The van der Waals surface area contributed by atoms with E-state index in [1.165, 1.54) is 4.90 Å². The Bertz CT molecular complexity index is 1780. The molecule has 0 aliphatic rings. The van der Waals surface area contributed by atoms with Crippen LogP contribution in [0.3, 0.4) is 0 Å². The van der Waals surface area contributed by atoms with Crippen molar-refractivity contribution in [3.05, 3.63) is 129 Å². The van der Waals surface area contributed by atoms with Crippen LogP contribution in [0, 0.1) is 6.92 Å². The topological polar surface area (TPSA) is 86.8 Å². The quantitative estimate of drug-likeness (QED) is 0.147. The number of nitrogens with zero attached hydrogens (tertiary/aromatic N) is 2. The molecular formula is C37H41Cl2N3O4S. The molecule has 1 N–H and O–H groups in total. The van der Waals surface area contributed by atoms with Crippen LogP contribution in [0.1, 0.15) is 49.4 Å². The Morgan fingerprint density at radius 1 is 0.830 bits per heavy atom. The molecule has 0 aliphatic carbocycles. The van der Waals surface area contributed by atoms with E-state index in [2.05, 4.69) is 5.32 Å². The molecule has 0 saturated carbocycles. The van der Waals surface area contributed by atoms with Crippen molar-refractivity contribution in [3.63, 3.8) is 0 Å². The van der Waals surface area contributed by atoms with Gasteiger partial charge in [-0.05, 0) is 73.7 Å². The van der Waals surface area contributed by atoms with Crippen molar-refractivity contribution in [2.45, 2.75) is 70.5 Å². The van der Waals surface area contributed by atoms with Crippen molar-refractivity contribution in [3.8, 4) is 0 Å². The van der Waals surface area contributed by atoms with Gasteiger partial charge < -0.3 is 10.2 Å². The Morgan fingerprint density at radius 3 is 2.13 bits per heavy atom. The Hall–Kier alpha value is -3.85. The third-order valence-electron chi connectivity index (χ3n) is 8.14. The van der Waals surface area contributed by atoms with Gasteiger partial charge in [0.15, 0.2) is 0 Å². The second kappa shape index (κ2) is 16.3. The van der Waals surface area contributed by atoms with E-state index in [1.54, 1.807) is 54.6 Å². The zero-order valence-electron chi connectivity index (χ0n) is 27.1. The first-order valence-electron chi connectivity index (χ1n) is 15.7. The summed E-state index contributed by atoms with van der Waals surface area (Å²) >= 11 is 12.6. The van der Waals surface area contributed by atoms with Crippen molar-refractivity contribution in [1.82, 2.24) is 10.2 Å². The van der Waals surface area contributed by atoms with Gasteiger partial charge in [0.2, 0.25) is 11.8 Å². The molecule has 0 aliphatic heterocycles. The number of halogens is 2. The molecule has 4 aromatic rings. The molecule has 0 heterocycles. The van der Waals surface area contributed by atoms with Crippen molar-refractivity contribution in [2.75, 3.05) is 10.8 Å². The largest absolute Gasteiger partial charge is 0.352 e. The molecule has 0 aromatic heterocycles. The third-order valence-corrected chi connectivity index (χ3v) is 10.7. The number of hydrogen-bond donors (Lipinski definition) is 1. The van der Waals surface area contributed by atoms with E-state index in [9.17, 15) is 18.0 Å². The molecule has 2 unspecified atom stereocenters. The second-order valence-electron chi connectivity index (χ2n) is 11.6. The van der Waals surface area contributed by atoms with Gasteiger partial charge in [-0.2, -0.15) is 0 Å². The summed E-state index contributed by atoms with van der Waals surface area (Å²) < 4.78 is 29.8. The fourth-order valence-corrected chi connectivity index (χ4v) is 7.01. The summed E-state index contributed by atoms with van der Waals surface area (Å²) in [5.41, 5.74) is 3.57. The molecule has 10 heteroatoms. The number of carbonyl (C=O) groups is 2. The average Bonchev–Trinajstić information content (AvgIpc) is 3.07. The molecule has 2 atom stereocenters. The maximum absolute atomic E-state index is 14.7.